The van der Waals surface area contributed by atoms with E-state index in [1.54, 1.807) is 24.3 Å². The summed E-state index contributed by atoms with van der Waals surface area (Å²) in [4.78, 5) is 0. The minimum atomic E-state index is -0.267. The van der Waals surface area contributed by atoms with Gasteiger partial charge in [-0.1, -0.05) is 12.1 Å². The van der Waals surface area contributed by atoms with E-state index in [9.17, 15) is 5.26 Å². The Labute approximate surface area is 134 Å². The van der Waals surface area contributed by atoms with Gasteiger partial charge in [0.15, 0.2) is 11.5 Å². The van der Waals surface area contributed by atoms with Gasteiger partial charge in [-0.15, -0.1) is 0 Å². The van der Waals surface area contributed by atoms with Gasteiger partial charge < -0.3 is 14.2 Å². The normalized spacial score (nSPS) is 13.0. The molecule has 0 radical (unpaired) electrons. The summed E-state index contributed by atoms with van der Waals surface area (Å²) in [6.07, 6.45) is 0.566. The molecule has 23 heavy (non-hydrogen) atoms. The minimum absolute atomic E-state index is 0.230. The van der Waals surface area contributed by atoms with Crippen LogP contribution in [0, 0.1) is 22.7 Å². The number of benzene rings is 2. The molecule has 0 fully saturated rings. The lowest BCUT2D eigenvalue weighted by atomic mass is 9.97. The topological polar surface area (TPSA) is 75.3 Å². The largest absolute Gasteiger partial charge is 0.493 e. The summed E-state index contributed by atoms with van der Waals surface area (Å²) >= 11 is 0. The van der Waals surface area contributed by atoms with E-state index < -0.39 is 0 Å². The van der Waals surface area contributed by atoms with Crippen molar-refractivity contribution >= 4 is 0 Å². The van der Waals surface area contributed by atoms with E-state index >= 15 is 0 Å². The zero-order valence-corrected chi connectivity index (χ0v) is 12.4. The van der Waals surface area contributed by atoms with Crippen LogP contribution in [0.3, 0.4) is 0 Å². The number of fused-ring (bicyclic) bond motifs is 1. The molecule has 0 bridgehead atoms. The quantitative estimate of drug-likeness (QED) is 0.846. The molecule has 5 heteroatoms. The first-order chi connectivity index (χ1) is 11.3. The Morgan fingerprint density at radius 3 is 2.57 bits per heavy atom. The average Bonchev–Trinajstić information content (AvgIpc) is 3.07. The van der Waals surface area contributed by atoms with Gasteiger partial charge in [0.2, 0.25) is 6.79 Å². The third kappa shape index (κ3) is 3.36. The van der Waals surface area contributed by atoms with Gasteiger partial charge >= 0.3 is 0 Å². The molecule has 0 spiro atoms. The molecule has 5 nitrogen and oxygen atoms in total. The van der Waals surface area contributed by atoms with Gasteiger partial charge in [-0.25, -0.2) is 0 Å². The second-order valence-electron chi connectivity index (χ2n) is 5.07. The Bertz CT molecular complexity index is 772. The maximum absolute atomic E-state index is 9.32. The highest BCUT2D eigenvalue weighted by molar-refractivity contribution is 5.46. The third-order valence-corrected chi connectivity index (χ3v) is 3.62. The monoisotopic (exact) mass is 306 g/mol. The maximum Gasteiger partial charge on any atom is 0.231 e. The summed E-state index contributed by atoms with van der Waals surface area (Å²) < 4.78 is 16.2. The number of hydrogen-bond donors (Lipinski definition) is 0. The highest BCUT2D eigenvalue weighted by Gasteiger charge is 2.15. The molecular formula is C18H14N2O3. The first-order valence-electron chi connectivity index (χ1n) is 7.22. The predicted molar refractivity (Wildman–Crippen MR) is 82.2 cm³/mol. The minimum Gasteiger partial charge on any atom is -0.493 e. The molecule has 2 aromatic rings. The van der Waals surface area contributed by atoms with Crippen LogP contribution in [0.4, 0.5) is 0 Å². The van der Waals surface area contributed by atoms with E-state index in [-0.39, 0.29) is 12.7 Å². The van der Waals surface area contributed by atoms with Gasteiger partial charge in [0.05, 0.1) is 30.2 Å². The third-order valence-electron chi connectivity index (χ3n) is 3.62. The summed E-state index contributed by atoms with van der Waals surface area (Å²) in [5.74, 6) is 1.80. The second kappa shape index (κ2) is 6.72. The first-order valence-corrected chi connectivity index (χ1v) is 7.22. The van der Waals surface area contributed by atoms with Crippen LogP contribution < -0.4 is 14.2 Å². The molecule has 1 aliphatic rings. The van der Waals surface area contributed by atoms with Crippen molar-refractivity contribution in [2.45, 2.75) is 12.3 Å². The van der Waals surface area contributed by atoms with Crippen molar-refractivity contribution in [3.63, 3.8) is 0 Å². The molecule has 0 amide bonds. The fourth-order valence-electron chi connectivity index (χ4n) is 2.36. The number of hydrogen-bond acceptors (Lipinski definition) is 5. The number of nitrogens with zero attached hydrogens (tertiary/aromatic N) is 2. The van der Waals surface area contributed by atoms with Crippen LogP contribution in [0.1, 0.15) is 23.5 Å². The van der Waals surface area contributed by atoms with E-state index in [0.29, 0.717) is 35.8 Å². The zero-order valence-electron chi connectivity index (χ0n) is 12.4. The molecule has 0 aromatic heterocycles. The van der Waals surface area contributed by atoms with Crippen molar-refractivity contribution in [3.05, 3.63) is 53.6 Å². The van der Waals surface area contributed by atoms with Crippen LogP contribution in [-0.4, -0.2) is 13.4 Å². The molecule has 1 heterocycles. The fraction of sp³-hybridized carbons (Fsp3) is 0.222. The van der Waals surface area contributed by atoms with Gasteiger partial charge in [-0.05, 0) is 29.8 Å². The predicted octanol–water partition coefficient (Wildman–Crippen LogP) is 3.36. The lowest BCUT2D eigenvalue weighted by molar-refractivity contribution is 0.173. The SMILES string of the molecule is N#Cc1ccc(C(C#N)CCOc2ccc3c(c2)OCO3)cc1. The Hall–Kier alpha value is -3.18. The lowest BCUT2D eigenvalue weighted by Gasteiger charge is -2.11. The van der Waals surface area contributed by atoms with Crippen LogP contribution in [0.15, 0.2) is 42.5 Å². The summed E-state index contributed by atoms with van der Waals surface area (Å²) in [5, 5.41) is 18.1. The summed E-state index contributed by atoms with van der Waals surface area (Å²) in [5.41, 5.74) is 1.47. The van der Waals surface area contributed by atoms with Crippen LogP contribution >= 0.6 is 0 Å². The molecule has 0 saturated carbocycles. The molecule has 1 unspecified atom stereocenters. The first kappa shape index (κ1) is 14.7. The molecule has 1 atom stereocenters. The number of ether oxygens (including phenoxy) is 3. The van der Waals surface area contributed by atoms with Crippen molar-refractivity contribution in [2.75, 3.05) is 13.4 Å². The molecular weight excluding hydrogens is 292 g/mol. The van der Waals surface area contributed by atoms with E-state index in [2.05, 4.69) is 12.1 Å². The number of rotatable bonds is 5. The Kier molecular flexibility index (Phi) is 4.31. The van der Waals surface area contributed by atoms with Crippen molar-refractivity contribution in [1.29, 1.82) is 10.5 Å². The summed E-state index contributed by atoms with van der Waals surface area (Å²) in [6.45, 7) is 0.645. The molecule has 2 aromatic carbocycles. The molecule has 0 aliphatic carbocycles. The standard InChI is InChI=1S/C18H14N2O3/c19-10-13-1-3-14(4-2-13)15(11-20)7-8-21-16-5-6-17-18(9-16)23-12-22-17/h1-6,9,15H,7-8,12H2. The highest BCUT2D eigenvalue weighted by atomic mass is 16.7. The van der Waals surface area contributed by atoms with Gasteiger partial charge in [-0.3, -0.25) is 0 Å². The molecule has 3 rings (SSSR count). The van der Waals surface area contributed by atoms with E-state index in [1.165, 1.54) is 0 Å². The van der Waals surface area contributed by atoms with Crippen molar-refractivity contribution in [2.24, 2.45) is 0 Å². The van der Waals surface area contributed by atoms with Gasteiger partial charge in [0.25, 0.3) is 0 Å². The Morgan fingerprint density at radius 1 is 1.04 bits per heavy atom. The van der Waals surface area contributed by atoms with Gasteiger partial charge in [0, 0.05) is 12.5 Å². The number of nitriles is 2. The second-order valence-corrected chi connectivity index (χ2v) is 5.07. The lowest BCUT2D eigenvalue weighted by Crippen LogP contribution is -2.04. The Balaban J connectivity index is 1.58. The molecule has 0 saturated heterocycles. The molecule has 114 valence electrons. The average molecular weight is 306 g/mol. The summed E-state index contributed by atoms with van der Waals surface area (Å²) in [7, 11) is 0. The van der Waals surface area contributed by atoms with E-state index in [0.717, 1.165) is 5.56 Å². The maximum atomic E-state index is 9.32. The smallest absolute Gasteiger partial charge is 0.231 e. The van der Waals surface area contributed by atoms with E-state index in [4.69, 9.17) is 19.5 Å². The van der Waals surface area contributed by atoms with Crippen molar-refractivity contribution in [1.82, 2.24) is 0 Å². The fourth-order valence-corrected chi connectivity index (χ4v) is 2.36. The zero-order chi connectivity index (χ0) is 16.1. The van der Waals surface area contributed by atoms with Crippen molar-refractivity contribution < 1.29 is 14.2 Å². The van der Waals surface area contributed by atoms with Gasteiger partial charge in [-0.2, -0.15) is 10.5 Å². The van der Waals surface area contributed by atoms with Crippen LogP contribution in [0.25, 0.3) is 0 Å². The van der Waals surface area contributed by atoms with Crippen LogP contribution in [-0.2, 0) is 0 Å². The highest BCUT2D eigenvalue weighted by Crippen LogP contribution is 2.35. The van der Waals surface area contributed by atoms with Crippen molar-refractivity contribution in [3.8, 4) is 29.4 Å². The van der Waals surface area contributed by atoms with E-state index in [1.807, 2.05) is 18.2 Å². The Morgan fingerprint density at radius 2 is 1.83 bits per heavy atom. The molecule has 1 aliphatic heterocycles. The van der Waals surface area contributed by atoms with Gasteiger partial charge in [0.1, 0.15) is 5.75 Å². The van der Waals surface area contributed by atoms with Crippen LogP contribution in [0.2, 0.25) is 0 Å². The molecule has 0 N–H and O–H groups in total. The summed E-state index contributed by atoms with van der Waals surface area (Å²) in [6, 6.07) is 16.8. The van der Waals surface area contributed by atoms with Crippen LogP contribution in [0.5, 0.6) is 17.2 Å².